The zero-order valence-corrected chi connectivity index (χ0v) is 11.4. The Hall–Kier alpha value is 1.83. The van der Waals surface area contributed by atoms with Gasteiger partial charge in [0.05, 0.1) is 5.75 Å². The Morgan fingerprint density at radius 3 is 1.73 bits per heavy atom. The van der Waals surface area contributed by atoms with E-state index in [1.54, 1.807) is 0 Å². The van der Waals surface area contributed by atoms with Crippen LogP contribution in [0, 0.1) is 0 Å². The quantitative estimate of drug-likeness (QED) is 0.241. The molecule has 0 aromatic rings. The van der Waals surface area contributed by atoms with Crippen molar-refractivity contribution in [2.24, 2.45) is 0 Å². The fourth-order valence-corrected chi connectivity index (χ4v) is 0.763. The van der Waals surface area contributed by atoms with Crippen molar-refractivity contribution in [2.75, 3.05) is 5.75 Å². The molecule has 0 rings (SSSR count). The van der Waals surface area contributed by atoms with E-state index in [1.807, 2.05) is 0 Å². The molecule has 0 spiro atoms. The molecule has 8 heteroatoms. The topological polar surface area (TPSA) is 94.8 Å². The van der Waals surface area contributed by atoms with E-state index in [0.29, 0.717) is 0 Å². The van der Waals surface area contributed by atoms with Gasteiger partial charge in [0.1, 0.15) is 0 Å². The molecule has 0 heterocycles. The van der Waals surface area contributed by atoms with Gasteiger partial charge in [0.2, 0.25) is 0 Å². The van der Waals surface area contributed by atoms with Gasteiger partial charge in [-0.2, -0.15) is 8.42 Å². The summed E-state index contributed by atoms with van der Waals surface area (Å²) >= 11 is 0. The second-order valence-corrected chi connectivity index (χ2v) is 3.13. The van der Waals surface area contributed by atoms with Gasteiger partial charge in [-0.1, -0.05) is 0 Å². The summed E-state index contributed by atoms with van der Waals surface area (Å²) in [7, 11) is -4.04. The minimum Gasteiger partial charge on any atom is -1.00 e. The zero-order chi connectivity index (χ0) is 7.49. The number of rotatable bonds is 3. The van der Waals surface area contributed by atoms with Crippen molar-refractivity contribution in [3.05, 3.63) is 0 Å². The van der Waals surface area contributed by atoms with E-state index < -0.39 is 22.2 Å². The first-order valence-electron chi connectivity index (χ1n) is 2.23. The first-order chi connectivity index (χ1) is 3.92. The van der Waals surface area contributed by atoms with Gasteiger partial charge in [0, 0.05) is 6.42 Å². The second kappa shape index (κ2) is 8.43. The van der Waals surface area contributed by atoms with E-state index in [1.165, 1.54) is 0 Å². The summed E-state index contributed by atoms with van der Waals surface area (Å²) in [6.07, 6.45) is -2.04. The van der Waals surface area contributed by atoms with Crippen LogP contribution in [0.2, 0.25) is 0 Å². The predicted octanol–water partition coefficient (Wildman–Crippen LogP) is -7.19. The Morgan fingerprint density at radius 2 is 1.64 bits per heavy atom. The molecule has 0 saturated carbocycles. The number of aliphatic hydroxyl groups excluding tert-OH is 1. The maximum Gasteiger partial charge on any atom is 1.00 e. The largest absolute Gasteiger partial charge is 1.00 e. The van der Waals surface area contributed by atoms with Crippen molar-refractivity contribution >= 4 is 10.1 Å². The Labute approximate surface area is 112 Å². The van der Waals surface area contributed by atoms with Crippen LogP contribution in [0.5, 0.6) is 0 Å². The van der Waals surface area contributed by atoms with Gasteiger partial charge in [0.15, 0.2) is 6.29 Å². The van der Waals surface area contributed by atoms with Crippen molar-refractivity contribution in [1.29, 1.82) is 0 Å². The van der Waals surface area contributed by atoms with E-state index in [-0.39, 0.29) is 68.4 Å². The Bertz CT molecular complexity index is 173. The molecule has 0 bridgehead atoms. The molecular formula is C3H10Na2O5S. The van der Waals surface area contributed by atoms with E-state index in [4.69, 9.17) is 14.8 Å². The molecule has 0 aliphatic carbocycles. The van der Waals surface area contributed by atoms with Crippen molar-refractivity contribution in [3.8, 4) is 0 Å². The van der Waals surface area contributed by atoms with Crippen LogP contribution in [0.1, 0.15) is 9.27 Å². The Morgan fingerprint density at radius 1 is 1.27 bits per heavy atom. The van der Waals surface area contributed by atoms with Crippen molar-refractivity contribution in [2.45, 2.75) is 12.7 Å². The molecule has 0 aromatic heterocycles. The van der Waals surface area contributed by atoms with E-state index >= 15 is 0 Å². The molecule has 0 atom stereocenters. The van der Waals surface area contributed by atoms with Gasteiger partial charge in [-0.3, -0.25) is 4.55 Å². The van der Waals surface area contributed by atoms with E-state index in [2.05, 4.69) is 0 Å². The van der Waals surface area contributed by atoms with Gasteiger partial charge >= 0.3 is 59.1 Å². The summed E-state index contributed by atoms with van der Waals surface area (Å²) in [5.41, 5.74) is 0. The Balaban J connectivity index is -0.0000000533. The van der Waals surface area contributed by atoms with Crippen LogP contribution >= 0.6 is 0 Å². The standard InChI is InChI=1S/C3H8O5S.2Na.2H/c4-3(5)1-2-9(6,7)8;;;;/h3-5H,1-2H2,(H,6,7,8);;;;/q;2*+1;2*-1. The summed E-state index contributed by atoms with van der Waals surface area (Å²) in [4.78, 5) is 0. The Kier molecular flexibility index (Phi) is 14.2. The number of aliphatic hydroxyl groups is 2. The van der Waals surface area contributed by atoms with Crippen LogP contribution in [0.4, 0.5) is 0 Å². The number of hydrogen-bond donors (Lipinski definition) is 3. The van der Waals surface area contributed by atoms with Crippen LogP contribution in [-0.2, 0) is 10.1 Å². The van der Waals surface area contributed by atoms with Crippen LogP contribution in [-0.4, -0.2) is 35.2 Å². The summed E-state index contributed by atoms with van der Waals surface area (Å²) in [6, 6.07) is 0. The summed E-state index contributed by atoms with van der Waals surface area (Å²) in [5.74, 6) is -0.620. The van der Waals surface area contributed by atoms with Crippen molar-refractivity contribution in [1.82, 2.24) is 0 Å². The second-order valence-electron chi connectivity index (χ2n) is 1.56. The molecule has 0 aromatic carbocycles. The van der Waals surface area contributed by atoms with Crippen molar-refractivity contribution in [3.63, 3.8) is 0 Å². The molecule has 0 saturated heterocycles. The molecule has 3 N–H and O–H groups in total. The third kappa shape index (κ3) is 18.6. The van der Waals surface area contributed by atoms with Gasteiger partial charge in [-0.15, -0.1) is 0 Å². The van der Waals surface area contributed by atoms with Gasteiger partial charge < -0.3 is 13.1 Å². The van der Waals surface area contributed by atoms with Gasteiger partial charge in [-0.25, -0.2) is 0 Å². The maximum atomic E-state index is 9.87. The normalized spacial score (nSPS) is 10.2. The molecule has 0 aliphatic heterocycles. The first kappa shape index (κ1) is 18.6. The summed E-state index contributed by atoms with van der Waals surface area (Å²) < 4.78 is 27.8. The molecule has 5 nitrogen and oxygen atoms in total. The molecule has 11 heavy (non-hydrogen) atoms. The SMILES string of the molecule is O=S(=O)(O)CCC(O)O.[H-].[H-].[Na+].[Na+]. The fourth-order valence-electron chi connectivity index (χ4n) is 0.254. The minimum atomic E-state index is -4.04. The third-order valence-corrected chi connectivity index (χ3v) is 1.39. The average Bonchev–Trinajstić information content (AvgIpc) is 1.59. The molecule has 0 unspecified atom stereocenters. The molecule has 0 amide bonds. The van der Waals surface area contributed by atoms with Crippen LogP contribution < -0.4 is 59.1 Å². The predicted molar refractivity (Wildman–Crippen MR) is 31.5 cm³/mol. The first-order valence-corrected chi connectivity index (χ1v) is 3.84. The van der Waals surface area contributed by atoms with Gasteiger partial charge in [-0.05, 0) is 0 Å². The van der Waals surface area contributed by atoms with Crippen LogP contribution in [0.25, 0.3) is 0 Å². The molecule has 0 aliphatic rings. The maximum absolute atomic E-state index is 9.87. The van der Waals surface area contributed by atoms with Gasteiger partial charge in [0.25, 0.3) is 10.1 Å². The van der Waals surface area contributed by atoms with Crippen molar-refractivity contribution < 1.29 is 85.2 Å². The summed E-state index contributed by atoms with van der Waals surface area (Å²) in [5, 5.41) is 16.2. The minimum absolute atomic E-state index is 0. The molecule has 0 fully saturated rings. The fraction of sp³-hybridized carbons (Fsp3) is 1.00. The summed E-state index contributed by atoms with van der Waals surface area (Å²) in [6.45, 7) is 0. The monoisotopic (exact) mass is 204 g/mol. The van der Waals surface area contributed by atoms with E-state index in [9.17, 15) is 8.42 Å². The average molecular weight is 204 g/mol. The molecular weight excluding hydrogens is 194 g/mol. The number of hydrogen-bond acceptors (Lipinski definition) is 4. The molecule has 60 valence electrons. The van der Waals surface area contributed by atoms with Crippen LogP contribution in [0.15, 0.2) is 0 Å². The zero-order valence-electron chi connectivity index (χ0n) is 8.56. The third-order valence-electron chi connectivity index (χ3n) is 0.634. The van der Waals surface area contributed by atoms with E-state index in [0.717, 1.165) is 0 Å². The van der Waals surface area contributed by atoms with Crippen LogP contribution in [0.3, 0.4) is 0 Å². The smallest absolute Gasteiger partial charge is 1.00 e. The molecule has 0 radical (unpaired) electrons.